The van der Waals surface area contributed by atoms with Crippen molar-refractivity contribution in [3.8, 4) is 0 Å². The molecule has 0 bridgehead atoms. The molecule has 1 aromatic heterocycles. The van der Waals surface area contributed by atoms with Crippen LogP contribution in [0.25, 0.3) is 0 Å². The first kappa shape index (κ1) is 14.2. The minimum Gasteiger partial charge on any atom is -0.298 e. The maximum atomic E-state index is 13.4. The molecule has 0 spiro atoms. The number of nitrogens with zero attached hydrogens (tertiary/aromatic N) is 2. The number of rotatable bonds is 2. The minimum atomic E-state index is -0.729. The lowest BCUT2D eigenvalue weighted by atomic mass is 10.1. The third kappa shape index (κ3) is 2.45. The Balaban J connectivity index is 2.05. The number of hydrogen-bond acceptors (Lipinski definition) is 3. The van der Waals surface area contributed by atoms with Gasteiger partial charge in [0.1, 0.15) is 5.82 Å². The molecule has 0 saturated carbocycles. The highest BCUT2D eigenvalue weighted by Gasteiger charge is 2.38. The van der Waals surface area contributed by atoms with Gasteiger partial charge in [0, 0.05) is 15.7 Å². The van der Waals surface area contributed by atoms with Crippen molar-refractivity contribution in [1.82, 2.24) is 4.98 Å². The molecule has 0 saturated heterocycles. The van der Waals surface area contributed by atoms with E-state index in [9.17, 15) is 14.0 Å². The molecule has 1 aliphatic rings. The third-order valence-electron chi connectivity index (χ3n) is 3.08. The molecule has 106 valence electrons. The fourth-order valence-corrected chi connectivity index (χ4v) is 3.03. The lowest BCUT2D eigenvalue weighted by Crippen LogP contribution is -2.29. The highest BCUT2D eigenvalue weighted by atomic mass is 79.9. The van der Waals surface area contributed by atoms with Gasteiger partial charge in [-0.05, 0) is 40.2 Å². The quantitative estimate of drug-likeness (QED) is 0.763. The van der Waals surface area contributed by atoms with Crippen LogP contribution in [0.15, 0.2) is 34.9 Å². The molecule has 2 heterocycles. The van der Waals surface area contributed by atoms with Crippen LogP contribution in [0.1, 0.15) is 16.1 Å². The third-order valence-corrected chi connectivity index (χ3v) is 3.92. The van der Waals surface area contributed by atoms with E-state index in [4.69, 9.17) is 11.6 Å². The highest BCUT2D eigenvalue weighted by molar-refractivity contribution is 9.10. The molecule has 3 rings (SSSR count). The molecule has 0 unspecified atom stereocenters. The second kappa shape index (κ2) is 5.20. The van der Waals surface area contributed by atoms with Crippen molar-refractivity contribution in [3.63, 3.8) is 0 Å². The average Bonchev–Trinajstić information content (AvgIpc) is 2.64. The summed E-state index contributed by atoms with van der Waals surface area (Å²) >= 11 is 9.07. The van der Waals surface area contributed by atoms with Gasteiger partial charge in [-0.3, -0.25) is 19.5 Å². The van der Waals surface area contributed by atoms with Crippen molar-refractivity contribution in [2.24, 2.45) is 0 Å². The van der Waals surface area contributed by atoms with E-state index in [0.29, 0.717) is 20.9 Å². The number of carbonyl (C=O) groups excluding carboxylic acids is 2. The first-order valence-electron chi connectivity index (χ1n) is 5.93. The topological polar surface area (TPSA) is 50.3 Å². The van der Waals surface area contributed by atoms with E-state index in [1.807, 2.05) is 0 Å². The molecule has 0 N–H and O–H groups in total. The van der Waals surface area contributed by atoms with Gasteiger partial charge in [0.2, 0.25) is 0 Å². The Labute approximate surface area is 132 Å². The van der Waals surface area contributed by atoms with Gasteiger partial charge >= 0.3 is 0 Å². The van der Waals surface area contributed by atoms with Gasteiger partial charge in [-0.1, -0.05) is 11.6 Å². The van der Waals surface area contributed by atoms with Gasteiger partial charge in [0.15, 0.2) is 0 Å². The first-order valence-corrected chi connectivity index (χ1v) is 7.10. The monoisotopic (exact) mass is 368 g/mol. The lowest BCUT2D eigenvalue weighted by molar-refractivity contribution is -0.114. The number of pyridine rings is 1. The molecule has 1 aromatic carbocycles. The van der Waals surface area contributed by atoms with E-state index in [2.05, 4.69) is 20.9 Å². The summed E-state index contributed by atoms with van der Waals surface area (Å²) in [5.41, 5.74) is 0.940. The van der Waals surface area contributed by atoms with Crippen LogP contribution in [-0.4, -0.2) is 16.7 Å². The number of hydrogen-bond donors (Lipinski definition) is 0. The van der Waals surface area contributed by atoms with Crippen molar-refractivity contribution < 1.29 is 14.0 Å². The van der Waals surface area contributed by atoms with Crippen molar-refractivity contribution in [2.75, 3.05) is 4.90 Å². The smallest absolute Gasteiger partial charge is 0.298 e. The second-order valence-corrected chi connectivity index (χ2v) is 5.76. The van der Waals surface area contributed by atoms with Crippen molar-refractivity contribution in [2.45, 2.75) is 6.54 Å². The molecule has 7 heteroatoms. The number of ketones is 1. The fourth-order valence-electron chi connectivity index (χ4n) is 2.20. The molecule has 0 atom stereocenters. The number of halogens is 3. The van der Waals surface area contributed by atoms with Crippen LogP contribution in [0.5, 0.6) is 0 Å². The largest absolute Gasteiger partial charge is 0.299 e. The summed E-state index contributed by atoms with van der Waals surface area (Å²) in [6, 6.07) is 5.49. The highest BCUT2D eigenvalue weighted by Crippen LogP contribution is 2.37. The zero-order valence-electron chi connectivity index (χ0n) is 10.4. The summed E-state index contributed by atoms with van der Waals surface area (Å²) in [5.74, 6) is -2.02. The summed E-state index contributed by atoms with van der Waals surface area (Å²) < 4.78 is 13.7. The van der Waals surface area contributed by atoms with Gasteiger partial charge in [0.05, 0.1) is 23.5 Å². The molecule has 21 heavy (non-hydrogen) atoms. The van der Waals surface area contributed by atoms with Crippen molar-refractivity contribution in [3.05, 3.63) is 57.0 Å². The van der Waals surface area contributed by atoms with Crippen LogP contribution in [0.4, 0.5) is 10.1 Å². The zero-order valence-corrected chi connectivity index (χ0v) is 12.8. The standard InChI is InChI=1S/C14H7BrClFN2O2/c15-11-5-8(17)4-10-12(11)19(14(21)13(10)20)6-9-3-7(16)1-2-18-9/h1-5H,6H2. The van der Waals surface area contributed by atoms with Crippen molar-refractivity contribution in [1.29, 1.82) is 0 Å². The molecule has 0 radical (unpaired) electrons. The number of carbonyl (C=O) groups is 2. The maximum absolute atomic E-state index is 13.4. The number of aromatic nitrogens is 1. The van der Waals surface area contributed by atoms with Crippen LogP contribution < -0.4 is 4.90 Å². The molecule has 0 aliphatic carbocycles. The van der Waals surface area contributed by atoms with E-state index in [-0.39, 0.29) is 12.1 Å². The predicted octanol–water partition coefficient (Wildman–Crippen LogP) is 3.37. The lowest BCUT2D eigenvalue weighted by Gasteiger charge is -2.17. The van der Waals surface area contributed by atoms with E-state index in [1.54, 1.807) is 12.1 Å². The molecule has 0 fully saturated rings. The van der Waals surface area contributed by atoms with E-state index < -0.39 is 17.5 Å². The van der Waals surface area contributed by atoms with Gasteiger partial charge in [-0.2, -0.15) is 0 Å². The Morgan fingerprint density at radius 2 is 2.05 bits per heavy atom. The molecule has 4 nitrogen and oxygen atoms in total. The number of Topliss-reactive ketones (excluding diaryl/α,β-unsaturated/α-hetero) is 1. The SMILES string of the molecule is O=C1C(=O)N(Cc2cc(Cl)ccn2)c2c(Br)cc(F)cc21. The molecular weight excluding hydrogens is 363 g/mol. The van der Waals surface area contributed by atoms with Gasteiger partial charge in [-0.25, -0.2) is 4.39 Å². The number of amides is 1. The molecule has 1 aliphatic heterocycles. The fraction of sp³-hybridized carbons (Fsp3) is 0.0714. The van der Waals surface area contributed by atoms with Crippen LogP contribution in [-0.2, 0) is 11.3 Å². The average molecular weight is 370 g/mol. The van der Waals surface area contributed by atoms with Crippen LogP contribution in [0.3, 0.4) is 0 Å². The summed E-state index contributed by atoms with van der Waals surface area (Å²) in [4.78, 5) is 29.4. The molecule has 2 aromatic rings. The maximum Gasteiger partial charge on any atom is 0.299 e. The van der Waals surface area contributed by atoms with E-state index in [1.165, 1.54) is 17.2 Å². The number of benzene rings is 1. The Kier molecular flexibility index (Phi) is 3.51. The Hall–Kier alpha value is -1.79. The number of anilines is 1. The van der Waals surface area contributed by atoms with Crippen LogP contribution >= 0.6 is 27.5 Å². The van der Waals surface area contributed by atoms with E-state index in [0.717, 1.165) is 6.07 Å². The molecule has 1 amide bonds. The summed E-state index contributed by atoms with van der Waals surface area (Å²) in [7, 11) is 0. The summed E-state index contributed by atoms with van der Waals surface area (Å²) in [6.07, 6.45) is 1.51. The van der Waals surface area contributed by atoms with Crippen LogP contribution in [0, 0.1) is 5.82 Å². The Morgan fingerprint density at radius 1 is 1.29 bits per heavy atom. The molecular formula is C14H7BrClFN2O2. The number of fused-ring (bicyclic) bond motifs is 1. The Bertz CT molecular complexity index is 782. The normalized spacial score (nSPS) is 13.8. The first-order chi connectivity index (χ1) is 9.97. The second-order valence-electron chi connectivity index (χ2n) is 4.47. The van der Waals surface area contributed by atoms with Gasteiger partial charge in [0.25, 0.3) is 11.7 Å². The predicted molar refractivity (Wildman–Crippen MR) is 78.9 cm³/mol. The van der Waals surface area contributed by atoms with Crippen molar-refractivity contribution >= 4 is 44.9 Å². The summed E-state index contributed by atoms with van der Waals surface area (Å²) in [6.45, 7) is 0.0857. The zero-order chi connectivity index (χ0) is 15.1. The van der Waals surface area contributed by atoms with Gasteiger partial charge in [-0.15, -0.1) is 0 Å². The minimum absolute atomic E-state index is 0.0499. The van der Waals surface area contributed by atoms with Crippen LogP contribution in [0.2, 0.25) is 5.02 Å². The van der Waals surface area contributed by atoms with E-state index >= 15 is 0 Å². The van der Waals surface area contributed by atoms with Gasteiger partial charge < -0.3 is 0 Å². The Morgan fingerprint density at radius 3 is 2.76 bits per heavy atom. The summed E-state index contributed by atoms with van der Waals surface area (Å²) in [5, 5.41) is 0.483.